The van der Waals surface area contributed by atoms with Crippen molar-refractivity contribution in [3.05, 3.63) is 52.8 Å². The van der Waals surface area contributed by atoms with E-state index in [0.717, 1.165) is 48.0 Å². The molecule has 0 N–H and O–H groups in total. The third kappa shape index (κ3) is 3.28. The van der Waals surface area contributed by atoms with Gasteiger partial charge in [-0.2, -0.15) is 0 Å². The molecule has 4 heterocycles. The first-order valence-corrected chi connectivity index (χ1v) is 10.3. The SMILES string of the molecule is Cc1nc(N2CCOCC2)nc2c1COC[C@@]21CCN(C(=O)c2ccccc2)C1. The lowest BCUT2D eigenvalue weighted by atomic mass is 9.80. The van der Waals surface area contributed by atoms with Crippen LogP contribution in [0.3, 0.4) is 0 Å². The molecule has 2 saturated heterocycles. The normalized spacial score (nSPS) is 24.0. The van der Waals surface area contributed by atoms with Gasteiger partial charge in [0.1, 0.15) is 0 Å². The van der Waals surface area contributed by atoms with E-state index in [9.17, 15) is 4.79 Å². The van der Waals surface area contributed by atoms with Crippen LogP contribution >= 0.6 is 0 Å². The maximum atomic E-state index is 13.0. The van der Waals surface area contributed by atoms with E-state index in [1.807, 2.05) is 42.2 Å². The predicted octanol–water partition coefficient (Wildman–Crippen LogP) is 1.94. The standard InChI is InChI=1S/C22H26N4O3/c1-16-18-13-29-15-22(19(18)24-21(23-16)25-9-11-28-12-10-25)7-8-26(14-22)20(27)17-5-3-2-4-6-17/h2-6H,7-15H2,1H3/t22-/m0/s1. The summed E-state index contributed by atoms with van der Waals surface area (Å²) in [5.74, 6) is 0.854. The second-order valence-electron chi connectivity index (χ2n) is 8.15. The number of amides is 1. The number of benzene rings is 1. The van der Waals surface area contributed by atoms with Crippen LogP contribution in [-0.2, 0) is 21.5 Å². The molecule has 0 bridgehead atoms. The molecule has 29 heavy (non-hydrogen) atoms. The highest BCUT2D eigenvalue weighted by atomic mass is 16.5. The largest absolute Gasteiger partial charge is 0.378 e. The highest BCUT2D eigenvalue weighted by molar-refractivity contribution is 5.94. The third-order valence-electron chi connectivity index (χ3n) is 6.28. The van der Waals surface area contributed by atoms with Crippen molar-refractivity contribution in [2.75, 3.05) is 50.9 Å². The van der Waals surface area contributed by atoms with Gasteiger partial charge in [0.05, 0.1) is 37.5 Å². The minimum absolute atomic E-state index is 0.0776. The maximum absolute atomic E-state index is 13.0. The molecule has 0 saturated carbocycles. The van der Waals surface area contributed by atoms with Crippen LogP contribution < -0.4 is 4.90 Å². The summed E-state index contributed by atoms with van der Waals surface area (Å²) >= 11 is 0. The van der Waals surface area contributed by atoms with Crippen LogP contribution in [0.15, 0.2) is 30.3 Å². The molecule has 2 aromatic rings. The van der Waals surface area contributed by atoms with Gasteiger partial charge in [-0.1, -0.05) is 18.2 Å². The van der Waals surface area contributed by atoms with E-state index in [2.05, 4.69) is 4.90 Å². The summed E-state index contributed by atoms with van der Waals surface area (Å²) in [4.78, 5) is 26.9. The number of aromatic nitrogens is 2. The van der Waals surface area contributed by atoms with Crippen molar-refractivity contribution in [1.82, 2.24) is 14.9 Å². The quantitative estimate of drug-likeness (QED) is 0.776. The van der Waals surface area contributed by atoms with E-state index in [4.69, 9.17) is 19.4 Å². The summed E-state index contributed by atoms with van der Waals surface area (Å²) in [5.41, 5.74) is 3.60. The van der Waals surface area contributed by atoms with Gasteiger partial charge in [0, 0.05) is 43.0 Å². The molecule has 7 heteroatoms. The Labute approximate surface area is 170 Å². The fourth-order valence-electron chi connectivity index (χ4n) is 4.63. The van der Waals surface area contributed by atoms with E-state index in [1.54, 1.807) is 0 Å². The summed E-state index contributed by atoms with van der Waals surface area (Å²) in [6, 6.07) is 9.50. The molecule has 0 aliphatic carbocycles. The Hall–Kier alpha value is -2.51. The zero-order valence-corrected chi connectivity index (χ0v) is 16.8. The molecule has 2 fully saturated rings. The van der Waals surface area contributed by atoms with Gasteiger partial charge in [-0.25, -0.2) is 9.97 Å². The molecule has 152 valence electrons. The Kier molecular flexibility index (Phi) is 4.72. The Bertz CT molecular complexity index is 914. The lowest BCUT2D eigenvalue weighted by Crippen LogP contribution is -2.43. The molecule has 0 unspecified atom stereocenters. The summed E-state index contributed by atoms with van der Waals surface area (Å²) in [6.45, 7) is 7.53. The summed E-state index contributed by atoms with van der Waals surface area (Å²) < 4.78 is 11.5. The Morgan fingerprint density at radius 2 is 1.86 bits per heavy atom. The van der Waals surface area contributed by atoms with Crippen molar-refractivity contribution in [2.24, 2.45) is 0 Å². The van der Waals surface area contributed by atoms with E-state index >= 15 is 0 Å². The van der Waals surface area contributed by atoms with Gasteiger partial charge < -0.3 is 19.3 Å². The van der Waals surface area contributed by atoms with Gasteiger partial charge in [0.25, 0.3) is 5.91 Å². The van der Waals surface area contributed by atoms with E-state index in [0.29, 0.717) is 39.5 Å². The predicted molar refractivity (Wildman–Crippen MR) is 108 cm³/mol. The second-order valence-corrected chi connectivity index (χ2v) is 8.15. The fourth-order valence-corrected chi connectivity index (χ4v) is 4.63. The van der Waals surface area contributed by atoms with Crippen molar-refractivity contribution in [1.29, 1.82) is 0 Å². The molecule has 7 nitrogen and oxygen atoms in total. The summed E-state index contributed by atoms with van der Waals surface area (Å²) in [5, 5.41) is 0. The number of likely N-dealkylation sites (tertiary alicyclic amines) is 1. The molecular formula is C22H26N4O3. The number of anilines is 1. The van der Waals surface area contributed by atoms with Gasteiger partial charge >= 0.3 is 0 Å². The Morgan fingerprint density at radius 1 is 1.07 bits per heavy atom. The monoisotopic (exact) mass is 394 g/mol. The smallest absolute Gasteiger partial charge is 0.253 e. The Balaban J connectivity index is 1.47. The molecule has 1 aromatic carbocycles. The highest BCUT2D eigenvalue weighted by Crippen LogP contribution is 2.40. The minimum atomic E-state index is -0.257. The molecule has 1 aromatic heterocycles. The van der Waals surface area contributed by atoms with Crippen LogP contribution in [0.25, 0.3) is 0 Å². The topological polar surface area (TPSA) is 67.8 Å². The number of morpholine rings is 1. The zero-order chi connectivity index (χ0) is 19.8. The number of aryl methyl sites for hydroxylation is 1. The number of hydrogen-bond donors (Lipinski definition) is 0. The lowest BCUT2D eigenvalue weighted by molar-refractivity contribution is 0.0479. The van der Waals surface area contributed by atoms with Crippen molar-refractivity contribution < 1.29 is 14.3 Å². The van der Waals surface area contributed by atoms with Crippen molar-refractivity contribution >= 4 is 11.9 Å². The number of nitrogens with zero attached hydrogens (tertiary/aromatic N) is 4. The van der Waals surface area contributed by atoms with Crippen LogP contribution in [0.5, 0.6) is 0 Å². The Morgan fingerprint density at radius 3 is 2.66 bits per heavy atom. The number of ether oxygens (including phenoxy) is 2. The average molecular weight is 394 g/mol. The van der Waals surface area contributed by atoms with Gasteiger partial charge in [0.2, 0.25) is 5.95 Å². The number of carbonyl (C=O) groups excluding carboxylic acids is 1. The van der Waals surface area contributed by atoms with Crippen LogP contribution in [0.1, 0.15) is 33.7 Å². The first-order chi connectivity index (χ1) is 14.2. The molecule has 5 rings (SSSR count). The number of rotatable bonds is 2. The van der Waals surface area contributed by atoms with Crippen molar-refractivity contribution in [2.45, 2.75) is 25.4 Å². The van der Waals surface area contributed by atoms with Gasteiger partial charge in [-0.05, 0) is 25.5 Å². The summed E-state index contributed by atoms with van der Waals surface area (Å²) in [7, 11) is 0. The van der Waals surface area contributed by atoms with Gasteiger partial charge in [-0.3, -0.25) is 4.79 Å². The maximum Gasteiger partial charge on any atom is 0.253 e. The summed E-state index contributed by atoms with van der Waals surface area (Å²) in [6.07, 6.45) is 0.859. The van der Waals surface area contributed by atoms with E-state index < -0.39 is 0 Å². The second kappa shape index (κ2) is 7.39. The third-order valence-corrected chi connectivity index (χ3v) is 6.28. The molecule has 1 atom stereocenters. The van der Waals surface area contributed by atoms with E-state index in [1.165, 1.54) is 0 Å². The van der Waals surface area contributed by atoms with Crippen LogP contribution in [0.2, 0.25) is 0 Å². The van der Waals surface area contributed by atoms with Crippen molar-refractivity contribution in [3.63, 3.8) is 0 Å². The zero-order valence-electron chi connectivity index (χ0n) is 16.8. The lowest BCUT2D eigenvalue weighted by Gasteiger charge is -2.36. The van der Waals surface area contributed by atoms with Crippen molar-refractivity contribution in [3.8, 4) is 0 Å². The van der Waals surface area contributed by atoms with E-state index in [-0.39, 0.29) is 11.3 Å². The number of hydrogen-bond acceptors (Lipinski definition) is 6. The number of fused-ring (bicyclic) bond motifs is 2. The number of carbonyl (C=O) groups is 1. The molecule has 1 spiro atoms. The fraction of sp³-hybridized carbons (Fsp3) is 0.500. The highest BCUT2D eigenvalue weighted by Gasteiger charge is 2.47. The van der Waals surface area contributed by atoms with Crippen LogP contribution in [0, 0.1) is 6.92 Å². The first-order valence-electron chi connectivity index (χ1n) is 10.3. The van der Waals surface area contributed by atoms with Crippen LogP contribution in [-0.4, -0.2) is 66.8 Å². The molecule has 0 radical (unpaired) electrons. The molecular weight excluding hydrogens is 368 g/mol. The van der Waals surface area contributed by atoms with Gasteiger partial charge in [-0.15, -0.1) is 0 Å². The average Bonchev–Trinajstić information content (AvgIpc) is 3.20. The molecule has 3 aliphatic rings. The van der Waals surface area contributed by atoms with Crippen LogP contribution in [0.4, 0.5) is 5.95 Å². The molecule has 3 aliphatic heterocycles. The first kappa shape index (κ1) is 18.5. The molecule has 1 amide bonds. The minimum Gasteiger partial charge on any atom is -0.378 e. The van der Waals surface area contributed by atoms with Gasteiger partial charge in [0.15, 0.2) is 0 Å².